The second-order valence-corrected chi connectivity index (χ2v) is 7.68. The molecule has 3 rings (SSSR count). The van der Waals surface area contributed by atoms with Crippen molar-refractivity contribution in [3.05, 3.63) is 28.9 Å². The van der Waals surface area contributed by atoms with E-state index < -0.39 is 0 Å². The van der Waals surface area contributed by atoms with Crippen molar-refractivity contribution in [3.8, 4) is 0 Å². The van der Waals surface area contributed by atoms with E-state index in [0.717, 1.165) is 41.4 Å². The number of halogens is 1. The van der Waals surface area contributed by atoms with Crippen molar-refractivity contribution in [2.45, 2.75) is 24.0 Å². The lowest BCUT2D eigenvalue weighted by Gasteiger charge is -2.37. The SMILES string of the molecule is CSc1ncc(Br)c(N2CCC(N(C)C(=O)c3cncn3C)CC2)n1. The van der Waals surface area contributed by atoms with Crippen molar-refractivity contribution >= 4 is 39.4 Å². The number of carbonyl (C=O) groups is 1. The predicted octanol–water partition coefficient (Wildman–Crippen LogP) is 2.44. The minimum absolute atomic E-state index is 0.0198. The fourth-order valence-electron chi connectivity index (χ4n) is 3.04. The first-order valence-electron chi connectivity index (χ1n) is 8.06. The molecule has 0 aliphatic carbocycles. The summed E-state index contributed by atoms with van der Waals surface area (Å²) in [6.45, 7) is 1.72. The quantitative estimate of drug-likeness (QED) is 0.554. The zero-order valence-corrected chi connectivity index (χ0v) is 16.9. The summed E-state index contributed by atoms with van der Waals surface area (Å²) < 4.78 is 2.67. The maximum absolute atomic E-state index is 12.6. The highest BCUT2D eigenvalue weighted by molar-refractivity contribution is 9.10. The van der Waals surface area contributed by atoms with Gasteiger partial charge in [-0.25, -0.2) is 15.0 Å². The van der Waals surface area contributed by atoms with Crippen LogP contribution < -0.4 is 4.90 Å². The van der Waals surface area contributed by atoms with Crippen LogP contribution in [0.2, 0.25) is 0 Å². The van der Waals surface area contributed by atoms with Crippen LogP contribution in [0.15, 0.2) is 28.4 Å². The van der Waals surface area contributed by atoms with E-state index in [9.17, 15) is 4.79 Å². The van der Waals surface area contributed by atoms with E-state index in [4.69, 9.17) is 0 Å². The second kappa shape index (κ2) is 7.74. The fraction of sp³-hybridized carbons (Fsp3) is 0.500. The third kappa shape index (κ3) is 3.82. The van der Waals surface area contributed by atoms with Gasteiger partial charge in [-0.1, -0.05) is 11.8 Å². The molecule has 2 aromatic heterocycles. The van der Waals surface area contributed by atoms with Crippen LogP contribution in [0.25, 0.3) is 0 Å². The third-order valence-electron chi connectivity index (χ3n) is 4.55. The van der Waals surface area contributed by atoms with E-state index in [1.807, 2.05) is 25.3 Å². The van der Waals surface area contributed by atoms with E-state index in [1.54, 1.807) is 23.3 Å². The zero-order chi connectivity index (χ0) is 18.0. The van der Waals surface area contributed by atoms with Crippen LogP contribution >= 0.6 is 27.7 Å². The maximum Gasteiger partial charge on any atom is 0.272 e. The first-order valence-corrected chi connectivity index (χ1v) is 10.1. The number of nitrogens with zero attached hydrogens (tertiary/aromatic N) is 6. The van der Waals surface area contributed by atoms with Gasteiger partial charge in [0, 0.05) is 39.4 Å². The molecule has 0 spiro atoms. The average molecular weight is 425 g/mol. The van der Waals surface area contributed by atoms with Crippen LogP contribution in [0.5, 0.6) is 0 Å². The summed E-state index contributed by atoms with van der Waals surface area (Å²) in [4.78, 5) is 29.7. The van der Waals surface area contributed by atoms with Gasteiger partial charge in [0.1, 0.15) is 11.5 Å². The molecule has 25 heavy (non-hydrogen) atoms. The molecule has 0 radical (unpaired) electrons. The molecular weight excluding hydrogens is 404 g/mol. The van der Waals surface area contributed by atoms with Crippen molar-refractivity contribution in [1.82, 2.24) is 24.4 Å². The van der Waals surface area contributed by atoms with E-state index in [1.165, 1.54) is 11.8 Å². The van der Waals surface area contributed by atoms with E-state index in [0.29, 0.717) is 5.69 Å². The van der Waals surface area contributed by atoms with Crippen molar-refractivity contribution in [3.63, 3.8) is 0 Å². The summed E-state index contributed by atoms with van der Waals surface area (Å²) in [5.74, 6) is 0.949. The highest BCUT2D eigenvalue weighted by Crippen LogP contribution is 2.28. The summed E-state index contributed by atoms with van der Waals surface area (Å²) in [5, 5.41) is 0.767. The molecule has 7 nitrogen and oxygen atoms in total. The smallest absolute Gasteiger partial charge is 0.272 e. The van der Waals surface area contributed by atoms with Crippen LogP contribution in [-0.2, 0) is 7.05 Å². The Morgan fingerprint density at radius 3 is 2.68 bits per heavy atom. The monoisotopic (exact) mass is 424 g/mol. The molecule has 9 heteroatoms. The van der Waals surface area contributed by atoms with Crippen molar-refractivity contribution in [2.75, 3.05) is 31.3 Å². The molecule has 0 aromatic carbocycles. The minimum Gasteiger partial charge on any atom is -0.355 e. The van der Waals surface area contributed by atoms with Crippen molar-refractivity contribution in [1.29, 1.82) is 0 Å². The van der Waals surface area contributed by atoms with Gasteiger partial charge in [-0.2, -0.15) is 0 Å². The Morgan fingerprint density at radius 1 is 1.36 bits per heavy atom. The van der Waals surface area contributed by atoms with Crippen LogP contribution in [0.3, 0.4) is 0 Å². The molecule has 0 atom stereocenters. The van der Waals surface area contributed by atoms with Crippen LogP contribution in [0.1, 0.15) is 23.3 Å². The molecule has 0 unspecified atom stereocenters. The maximum atomic E-state index is 12.6. The van der Waals surface area contributed by atoms with Gasteiger partial charge in [0.15, 0.2) is 5.16 Å². The van der Waals surface area contributed by atoms with Crippen molar-refractivity contribution < 1.29 is 4.79 Å². The topological polar surface area (TPSA) is 67.2 Å². The van der Waals surface area contributed by atoms with Gasteiger partial charge >= 0.3 is 0 Å². The van der Waals surface area contributed by atoms with Gasteiger partial charge in [-0.05, 0) is 35.0 Å². The summed E-state index contributed by atoms with van der Waals surface area (Å²) in [6.07, 6.45) is 8.86. The lowest BCUT2D eigenvalue weighted by Crippen LogP contribution is -2.46. The Hall–Kier alpha value is -1.61. The van der Waals surface area contributed by atoms with Gasteiger partial charge in [0.2, 0.25) is 0 Å². The molecule has 1 saturated heterocycles. The average Bonchev–Trinajstić information content (AvgIpc) is 3.07. The molecule has 0 saturated carbocycles. The molecular formula is C16H21BrN6OS. The highest BCUT2D eigenvalue weighted by atomic mass is 79.9. The lowest BCUT2D eigenvalue weighted by molar-refractivity contribution is 0.0699. The summed E-state index contributed by atoms with van der Waals surface area (Å²) >= 11 is 5.08. The largest absolute Gasteiger partial charge is 0.355 e. The molecule has 3 heterocycles. The fourth-order valence-corrected chi connectivity index (χ4v) is 3.82. The molecule has 0 bridgehead atoms. The number of amides is 1. The number of anilines is 1. The molecule has 1 aliphatic rings. The number of piperidine rings is 1. The van der Waals surface area contributed by atoms with E-state index >= 15 is 0 Å². The molecule has 2 aromatic rings. The molecule has 134 valence electrons. The molecule has 1 aliphatic heterocycles. The Labute approximate surface area is 160 Å². The van der Waals surface area contributed by atoms with Gasteiger partial charge in [-0.3, -0.25) is 4.79 Å². The number of carbonyl (C=O) groups excluding carboxylic acids is 1. The first kappa shape index (κ1) is 18.2. The minimum atomic E-state index is 0.0198. The highest BCUT2D eigenvalue weighted by Gasteiger charge is 2.28. The number of hydrogen-bond donors (Lipinski definition) is 0. The Morgan fingerprint density at radius 2 is 2.08 bits per heavy atom. The van der Waals surface area contributed by atoms with Crippen LogP contribution in [0.4, 0.5) is 5.82 Å². The summed E-state index contributed by atoms with van der Waals surface area (Å²) in [5.41, 5.74) is 0.619. The van der Waals surface area contributed by atoms with Crippen molar-refractivity contribution in [2.24, 2.45) is 7.05 Å². The number of imidazole rings is 1. The third-order valence-corrected chi connectivity index (χ3v) is 5.68. The molecule has 1 amide bonds. The predicted molar refractivity (Wildman–Crippen MR) is 102 cm³/mol. The summed E-state index contributed by atoms with van der Waals surface area (Å²) in [7, 11) is 3.72. The summed E-state index contributed by atoms with van der Waals surface area (Å²) in [6, 6.07) is 0.222. The van der Waals surface area contributed by atoms with E-state index in [-0.39, 0.29) is 11.9 Å². The van der Waals surface area contributed by atoms with Gasteiger partial charge in [0.05, 0.1) is 17.0 Å². The standard InChI is InChI=1S/C16H21BrN6OS/c1-21-10-18-9-13(21)15(24)22(2)11-4-6-23(7-5-11)14-12(17)8-19-16(20-14)25-3/h8-11H,4-7H2,1-3H3. The number of aromatic nitrogens is 4. The molecule has 0 N–H and O–H groups in total. The normalized spacial score (nSPS) is 15.4. The van der Waals surface area contributed by atoms with Crippen LogP contribution in [-0.4, -0.2) is 62.8 Å². The van der Waals surface area contributed by atoms with Gasteiger partial charge in [-0.15, -0.1) is 0 Å². The zero-order valence-electron chi connectivity index (χ0n) is 14.5. The lowest BCUT2D eigenvalue weighted by atomic mass is 10.0. The van der Waals surface area contributed by atoms with Gasteiger partial charge in [0.25, 0.3) is 5.91 Å². The van der Waals surface area contributed by atoms with Gasteiger partial charge < -0.3 is 14.4 Å². The Kier molecular flexibility index (Phi) is 5.63. The second-order valence-electron chi connectivity index (χ2n) is 6.05. The number of thioether (sulfide) groups is 1. The number of aryl methyl sites for hydroxylation is 1. The Balaban J connectivity index is 1.66. The Bertz CT molecular complexity index is 759. The first-order chi connectivity index (χ1) is 12.0. The number of hydrogen-bond acceptors (Lipinski definition) is 6. The molecule has 1 fully saturated rings. The number of rotatable bonds is 4. The van der Waals surface area contributed by atoms with E-state index in [2.05, 4.69) is 35.8 Å². The van der Waals surface area contributed by atoms with Crippen LogP contribution in [0, 0.1) is 0 Å².